The predicted octanol–water partition coefficient (Wildman–Crippen LogP) is 4.58. The second-order valence-electron chi connectivity index (χ2n) is 9.24. The zero-order valence-corrected chi connectivity index (χ0v) is 19.0. The minimum absolute atomic E-state index is 0.0360. The highest BCUT2D eigenvalue weighted by Gasteiger charge is 2.40. The first-order valence-corrected chi connectivity index (χ1v) is 11.4. The molecule has 0 spiro atoms. The number of ether oxygens (including phenoxy) is 1. The van der Waals surface area contributed by atoms with Gasteiger partial charge in [0.15, 0.2) is 0 Å². The molecule has 3 heterocycles. The van der Waals surface area contributed by atoms with E-state index in [1.165, 1.54) is 6.33 Å². The second-order valence-corrected chi connectivity index (χ2v) is 9.24. The molecule has 5 rings (SSSR count). The summed E-state index contributed by atoms with van der Waals surface area (Å²) in [4.78, 5) is 12.7. The van der Waals surface area contributed by atoms with Crippen molar-refractivity contribution in [1.82, 2.24) is 25.1 Å². The monoisotopic (exact) mass is 472 g/mol. The van der Waals surface area contributed by atoms with Gasteiger partial charge in [0.1, 0.15) is 29.2 Å². The molecule has 1 atom stereocenters. The van der Waals surface area contributed by atoms with Gasteiger partial charge in [-0.25, -0.2) is 9.97 Å². The molecule has 1 N–H and O–H groups in total. The number of nitrogens with one attached hydrogen (secondary N) is 1. The van der Waals surface area contributed by atoms with Gasteiger partial charge in [-0.05, 0) is 38.0 Å². The number of hydrogen-bond donors (Lipinski definition) is 1. The van der Waals surface area contributed by atoms with Crippen molar-refractivity contribution in [3.63, 3.8) is 0 Å². The summed E-state index contributed by atoms with van der Waals surface area (Å²) in [7, 11) is 0. The van der Waals surface area contributed by atoms with E-state index in [1.54, 1.807) is 6.08 Å². The molecule has 7 nitrogen and oxygen atoms in total. The van der Waals surface area contributed by atoms with Gasteiger partial charge >= 0.3 is 6.18 Å². The standard InChI is InChI=1S/C24H27F3N6O/c1-3-16-14-33(11-10-32(16)9-8-24(25,26)27)21-13-20(28-15-29-21)22-18-12-17(34-23(2)6-7-23)4-5-19(18)30-31-22/h3-5,12-13,15-16H,1,6-11,14H2,2H3,(H,30,31)/t16-/m0/s1. The van der Waals surface area contributed by atoms with Crippen LogP contribution >= 0.6 is 0 Å². The third-order valence-electron chi connectivity index (χ3n) is 6.56. The van der Waals surface area contributed by atoms with Crippen LogP contribution in [0, 0.1) is 0 Å². The van der Waals surface area contributed by atoms with Gasteiger partial charge in [-0.3, -0.25) is 10.00 Å². The second kappa shape index (κ2) is 8.57. The van der Waals surface area contributed by atoms with Crippen LogP contribution in [0.2, 0.25) is 0 Å². The van der Waals surface area contributed by atoms with Gasteiger partial charge in [0.05, 0.1) is 17.6 Å². The molecule has 0 unspecified atom stereocenters. The first-order valence-electron chi connectivity index (χ1n) is 11.4. The highest BCUT2D eigenvalue weighted by Crippen LogP contribution is 2.40. The number of anilines is 1. The Morgan fingerprint density at radius 1 is 1.24 bits per heavy atom. The highest BCUT2D eigenvalue weighted by atomic mass is 19.4. The summed E-state index contributed by atoms with van der Waals surface area (Å²) in [6, 6.07) is 7.55. The molecule has 2 aliphatic rings. The Kier molecular flexibility index (Phi) is 5.71. The third-order valence-corrected chi connectivity index (χ3v) is 6.56. The van der Waals surface area contributed by atoms with E-state index < -0.39 is 12.6 Å². The molecule has 10 heteroatoms. The van der Waals surface area contributed by atoms with Crippen LogP contribution in [0.25, 0.3) is 22.3 Å². The maximum absolute atomic E-state index is 12.7. The molecule has 0 bridgehead atoms. The molecular formula is C24H27F3N6O. The lowest BCUT2D eigenvalue weighted by Crippen LogP contribution is -2.53. The molecule has 1 aromatic carbocycles. The average Bonchev–Trinajstić information content (AvgIpc) is 3.39. The molecular weight excluding hydrogens is 445 g/mol. The number of alkyl halides is 3. The summed E-state index contributed by atoms with van der Waals surface area (Å²) in [6.45, 7) is 7.47. The Balaban J connectivity index is 1.35. The van der Waals surface area contributed by atoms with Gasteiger partial charge in [0, 0.05) is 43.7 Å². The first kappa shape index (κ1) is 22.6. The normalized spacial score (nSPS) is 20.5. The smallest absolute Gasteiger partial charge is 0.390 e. The van der Waals surface area contributed by atoms with Gasteiger partial charge in [-0.2, -0.15) is 18.3 Å². The highest BCUT2D eigenvalue weighted by molar-refractivity contribution is 5.93. The number of rotatable bonds is 7. The molecule has 3 aromatic rings. The fraction of sp³-hybridized carbons (Fsp3) is 0.458. The number of fused-ring (bicyclic) bond motifs is 1. The van der Waals surface area contributed by atoms with Crippen LogP contribution in [-0.4, -0.2) is 69.1 Å². The SMILES string of the molecule is C=C[C@H]1CN(c2cc(-c3n[nH]c4ccc(OC5(C)CC5)cc34)ncn2)CCN1CCC(F)(F)F. The molecule has 1 saturated carbocycles. The summed E-state index contributed by atoms with van der Waals surface area (Å²) < 4.78 is 44.2. The largest absolute Gasteiger partial charge is 0.488 e. The van der Waals surface area contributed by atoms with Gasteiger partial charge in [-0.1, -0.05) is 6.08 Å². The number of hydrogen-bond acceptors (Lipinski definition) is 6. The van der Waals surface area contributed by atoms with Crippen LogP contribution in [-0.2, 0) is 0 Å². The summed E-state index contributed by atoms with van der Waals surface area (Å²) >= 11 is 0. The van der Waals surface area contributed by atoms with E-state index in [2.05, 4.69) is 38.6 Å². The minimum atomic E-state index is -4.17. The molecule has 0 amide bonds. The summed E-state index contributed by atoms with van der Waals surface area (Å²) in [5, 5.41) is 8.43. The Bertz CT molecular complexity index is 1190. The van der Waals surface area contributed by atoms with Gasteiger partial charge in [0.2, 0.25) is 0 Å². The van der Waals surface area contributed by atoms with Gasteiger partial charge in [-0.15, -0.1) is 6.58 Å². The number of aromatic nitrogens is 4. The lowest BCUT2D eigenvalue weighted by molar-refractivity contribution is -0.138. The van der Waals surface area contributed by atoms with Crippen molar-refractivity contribution >= 4 is 16.7 Å². The van der Waals surface area contributed by atoms with Crippen molar-refractivity contribution in [2.24, 2.45) is 0 Å². The Labute approximate surface area is 195 Å². The quantitative estimate of drug-likeness (QED) is 0.508. The molecule has 0 radical (unpaired) electrons. The zero-order valence-electron chi connectivity index (χ0n) is 19.0. The van der Waals surface area contributed by atoms with Crippen LogP contribution in [0.3, 0.4) is 0 Å². The number of piperazine rings is 1. The molecule has 34 heavy (non-hydrogen) atoms. The maximum Gasteiger partial charge on any atom is 0.390 e. The Morgan fingerprint density at radius 3 is 2.79 bits per heavy atom. The van der Waals surface area contributed by atoms with Gasteiger partial charge < -0.3 is 9.64 Å². The van der Waals surface area contributed by atoms with E-state index in [9.17, 15) is 13.2 Å². The van der Waals surface area contributed by atoms with E-state index in [4.69, 9.17) is 4.74 Å². The zero-order chi connectivity index (χ0) is 23.9. The summed E-state index contributed by atoms with van der Waals surface area (Å²) in [6.07, 6.45) is 0.301. The summed E-state index contributed by atoms with van der Waals surface area (Å²) in [5.41, 5.74) is 2.17. The van der Waals surface area contributed by atoms with Crippen molar-refractivity contribution in [3.8, 4) is 17.1 Å². The van der Waals surface area contributed by atoms with Crippen molar-refractivity contribution in [2.45, 2.75) is 44.0 Å². The molecule has 1 aliphatic carbocycles. The topological polar surface area (TPSA) is 70.2 Å². The third kappa shape index (κ3) is 4.86. The van der Waals surface area contributed by atoms with E-state index in [0.717, 1.165) is 29.5 Å². The number of benzene rings is 1. The fourth-order valence-corrected chi connectivity index (χ4v) is 4.29. The number of aromatic amines is 1. The van der Waals surface area contributed by atoms with Crippen LogP contribution in [0.4, 0.5) is 19.0 Å². The van der Waals surface area contributed by atoms with Crippen LogP contribution in [0.15, 0.2) is 43.2 Å². The van der Waals surface area contributed by atoms with Crippen LogP contribution < -0.4 is 9.64 Å². The van der Waals surface area contributed by atoms with Crippen LogP contribution in [0.1, 0.15) is 26.2 Å². The van der Waals surface area contributed by atoms with E-state index in [-0.39, 0.29) is 18.2 Å². The van der Waals surface area contributed by atoms with E-state index >= 15 is 0 Å². The summed E-state index contributed by atoms with van der Waals surface area (Å²) in [5.74, 6) is 1.51. The molecule has 2 aromatic heterocycles. The Hall–Kier alpha value is -3.14. The number of nitrogens with zero attached hydrogens (tertiary/aromatic N) is 5. The van der Waals surface area contributed by atoms with Gasteiger partial charge in [0.25, 0.3) is 0 Å². The average molecular weight is 473 g/mol. The number of halogens is 3. The predicted molar refractivity (Wildman–Crippen MR) is 124 cm³/mol. The molecule has 2 fully saturated rings. The molecule has 180 valence electrons. The van der Waals surface area contributed by atoms with Crippen molar-refractivity contribution in [1.29, 1.82) is 0 Å². The van der Waals surface area contributed by atoms with Crippen molar-refractivity contribution < 1.29 is 17.9 Å². The molecule has 1 saturated heterocycles. The first-order chi connectivity index (χ1) is 16.2. The Morgan fingerprint density at radius 2 is 2.06 bits per heavy atom. The van der Waals surface area contributed by atoms with Crippen LogP contribution in [0.5, 0.6) is 5.75 Å². The maximum atomic E-state index is 12.7. The van der Waals surface area contributed by atoms with E-state index in [0.29, 0.717) is 36.8 Å². The van der Waals surface area contributed by atoms with Crippen molar-refractivity contribution in [2.75, 3.05) is 31.1 Å². The lowest BCUT2D eigenvalue weighted by Gasteiger charge is -2.40. The van der Waals surface area contributed by atoms with E-state index in [1.807, 2.05) is 29.2 Å². The fourth-order valence-electron chi connectivity index (χ4n) is 4.29. The molecule has 1 aliphatic heterocycles. The number of H-pyrrole nitrogens is 1. The van der Waals surface area contributed by atoms with Crippen molar-refractivity contribution in [3.05, 3.63) is 43.2 Å². The lowest BCUT2D eigenvalue weighted by atomic mass is 10.1. The minimum Gasteiger partial charge on any atom is -0.488 e.